The van der Waals surface area contributed by atoms with Gasteiger partial charge in [-0.2, -0.15) is 0 Å². The van der Waals surface area contributed by atoms with Crippen LogP contribution in [0.5, 0.6) is 0 Å². The van der Waals surface area contributed by atoms with Gasteiger partial charge in [-0.15, -0.1) is 0 Å². The van der Waals surface area contributed by atoms with Crippen LogP contribution in [0.1, 0.15) is 10.4 Å². The summed E-state index contributed by atoms with van der Waals surface area (Å²) in [5, 5.41) is 0. The van der Waals surface area contributed by atoms with E-state index in [0.29, 0.717) is 5.56 Å². The first-order chi connectivity index (χ1) is 7.15. The molecule has 0 spiro atoms. The maximum Gasteiger partial charge on any atom is 0.326 e. The number of hydrogen-bond donors (Lipinski definition) is 0. The molecule has 0 unspecified atom stereocenters. The summed E-state index contributed by atoms with van der Waals surface area (Å²) in [5.41, 5.74) is 0.427. The number of methoxy groups -OCH3 is 1. The third-order valence-corrected chi connectivity index (χ3v) is 2.01. The first kappa shape index (κ1) is 11.5. The number of esters is 1. The number of rotatable bonds is 3. The average molecular weight is 228 g/mol. The second-order valence-electron chi connectivity index (χ2n) is 2.77. The van der Waals surface area contributed by atoms with E-state index < -0.39 is 11.9 Å². The summed E-state index contributed by atoms with van der Waals surface area (Å²) in [4.78, 5) is 22.4. The lowest BCUT2D eigenvalue weighted by atomic mass is 10.2. The van der Waals surface area contributed by atoms with Crippen LogP contribution in [0.2, 0.25) is 0 Å². The fourth-order valence-corrected chi connectivity index (χ4v) is 1.17. The van der Waals surface area contributed by atoms with Crippen molar-refractivity contribution in [1.29, 1.82) is 0 Å². The van der Waals surface area contributed by atoms with Gasteiger partial charge in [0.1, 0.15) is 6.54 Å². The summed E-state index contributed by atoms with van der Waals surface area (Å²) in [7, 11) is 1.24. The van der Waals surface area contributed by atoms with Gasteiger partial charge in [-0.25, -0.2) is 4.42 Å². The predicted molar refractivity (Wildman–Crippen MR) is 55.3 cm³/mol. The molecule has 1 amide bonds. The molecule has 0 fully saturated rings. The molecule has 4 nitrogen and oxygen atoms in total. The topological polar surface area (TPSA) is 46.6 Å². The fraction of sp³-hybridized carbons (Fsp3) is 0.200. The van der Waals surface area contributed by atoms with Gasteiger partial charge in [0.25, 0.3) is 5.91 Å². The smallest absolute Gasteiger partial charge is 0.326 e. The van der Waals surface area contributed by atoms with Crippen molar-refractivity contribution in [2.24, 2.45) is 0 Å². The molecule has 1 aromatic carbocycles. The van der Waals surface area contributed by atoms with Crippen LogP contribution >= 0.6 is 11.8 Å². The van der Waals surface area contributed by atoms with Gasteiger partial charge in [-0.05, 0) is 12.1 Å². The lowest BCUT2D eigenvalue weighted by Gasteiger charge is -2.11. The number of ether oxygens (including phenoxy) is 1. The zero-order valence-electron chi connectivity index (χ0n) is 8.14. The molecule has 1 aromatic rings. The van der Waals surface area contributed by atoms with Crippen LogP contribution in [0.3, 0.4) is 0 Å². The van der Waals surface area contributed by atoms with E-state index in [1.165, 1.54) is 7.11 Å². The summed E-state index contributed by atoms with van der Waals surface area (Å²) in [6.45, 7) is -0.272. The minimum atomic E-state index is -0.561. The predicted octanol–water partition coefficient (Wildman–Crippen LogP) is 1.46. The number of carbonyl (C=O) groups excluding carboxylic acids is 2. The normalized spacial score (nSPS) is 9.47. The Labute approximate surface area is 92.5 Å². The van der Waals surface area contributed by atoms with Crippen LogP contribution in [-0.2, 0) is 9.53 Å². The molecule has 0 N–H and O–H groups in total. The molecule has 80 valence electrons. The van der Waals surface area contributed by atoms with E-state index in [1.807, 2.05) is 0 Å². The minimum Gasteiger partial charge on any atom is -0.468 e. The van der Waals surface area contributed by atoms with E-state index in [2.05, 4.69) is 4.74 Å². The van der Waals surface area contributed by atoms with Crippen LogP contribution < -0.4 is 0 Å². The first-order valence-corrected chi connectivity index (χ1v) is 4.58. The van der Waals surface area contributed by atoms with E-state index in [4.69, 9.17) is 11.8 Å². The molecule has 5 heteroatoms. The van der Waals surface area contributed by atoms with Gasteiger partial charge < -0.3 is 4.74 Å². The molecule has 15 heavy (non-hydrogen) atoms. The summed E-state index contributed by atoms with van der Waals surface area (Å²) in [5.74, 6) is -0.989. The number of nitrogens with zero attached hydrogens (tertiary/aromatic N) is 1. The van der Waals surface area contributed by atoms with Crippen LogP contribution in [0, 0.1) is 0 Å². The van der Waals surface area contributed by atoms with Gasteiger partial charge in [-0.1, -0.05) is 18.2 Å². The molecular formula is C10H10ClNO3. The summed E-state index contributed by atoms with van der Waals surface area (Å²) < 4.78 is 5.18. The molecule has 0 bridgehead atoms. The highest BCUT2D eigenvalue weighted by Crippen LogP contribution is 2.06. The number of halogens is 1. The van der Waals surface area contributed by atoms with Crippen molar-refractivity contribution in [3.63, 3.8) is 0 Å². The molecule has 0 heterocycles. The molecule has 0 radical (unpaired) electrons. The Morgan fingerprint density at radius 1 is 1.33 bits per heavy atom. The molecule has 0 saturated carbocycles. The monoisotopic (exact) mass is 227 g/mol. The van der Waals surface area contributed by atoms with E-state index in [1.54, 1.807) is 30.3 Å². The molecule has 0 aromatic heterocycles. The van der Waals surface area contributed by atoms with Gasteiger partial charge in [0.15, 0.2) is 0 Å². The SMILES string of the molecule is COC(=O)CN(Cl)C(=O)c1ccccc1. The van der Waals surface area contributed by atoms with Crippen molar-refractivity contribution in [2.75, 3.05) is 13.7 Å². The summed E-state index contributed by atoms with van der Waals surface area (Å²) >= 11 is 5.62. The highest BCUT2D eigenvalue weighted by Gasteiger charge is 2.16. The van der Waals surface area contributed by atoms with Crippen molar-refractivity contribution in [1.82, 2.24) is 4.42 Å². The third kappa shape index (κ3) is 3.25. The average Bonchev–Trinajstić information content (AvgIpc) is 2.29. The van der Waals surface area contributed by atoms with E-state index in [0.717, 1.165) is 4.42 Å². The zero-order valence-corrected chi connectivity index (χ0v) is 8.90. The number of hydrogen-bond acceptors (Lipinski definition) is 3. The Kier molecular flexibility index (Phi) is 4.12. The first-order valence-electron chi connectivity index (χ1n) is 4.24. The molecule has 0 atom stereocenters. The van der Waals surface area contributed by atoms with Crippen LogP contribution in [-0.4, -0.2) is 30.0 Å². The van der Waals surface area contributed by atoms with Crippen molar-refractivity contribution in [3.8, 4) is 0 Å². The Balaban J connectivity index is 2.65. The maximum atomic E-state index is 11.6. The Bertz CT molecular complexity index is 353. The molecule has 1 rings (SSSR count). The minimum absolute atomic E-state index is 0.272. The van der Waals surface area contributed by atoms with Crippen LogP contribution in [0.25, 0.3) is 0 Å². The molecule has 0 saturated heterocycles. The number of amides is 1. The highest BCUT2D eigenvalue weighted by atomic mass is 35.5. The van der Waals surface area contributed by atoms with Gasteiger partial charge in [0.05, 0.1) is 7.11 Å². The van der Waals surface area contributed by atoms with E-state index >= 15 is 0 Å². The third-order valence-electron chi connectivity index (χ3n) is 1.74. The van der Waals surface area contributed by atoms with Gasteiger partial charge in [-0.3, -0.25) is 9.59 Å². The lowest BCUT2D eigenvalue weighted by Crippen LogP contribution is -2.28. The van der Waals surface area contributed by atoms with Gasteiger partial charge in [0.2, 0.25) is 0 Å². The largest absolute Gasteiger partial charge is 0.468 e. The number of benzene rings is 1. The fourth-order valence-electron chi connectivity index (χ4n) is 0.971. The molecular weight excluding hydrogens is 218 g/mol. The second kappa shape index (κ2) is 5.36. The molecule has 0 aliphatic carbocycles. The summed E-state index contributed by atoms with van der Waals surface area (Å²) in [6, 6.07) is 8.46. The quantitative estimate of drug-likeness (QED) is 0.580. The van der Waals surface area contributed by atoms with Crippen molar-refractivity contribution >= 4 is 23.7 Å². The van der Waals surface area contributed by atoms with Gasteiger partial charge >= 0.3 is 5.97 Å². The molecule has 0 aliphatic rings. The van der Waals surface area contributed by atoms with Gasteiger partial charge in [0, 0.05) is 17.3 Å². The van der Waals surface area contributed by atoms with Crippen molar-refractivity contribution < 1.29 is 14.3 Å². The highest BCUT2D eigenvalue weighted by molar-refractivity contribution is 6.25. The summed E-state index contributed by atoms with van der Waals surface area (Å²) in [6.07, 6.45) is 0. The van der Waals surface area contributed by atoms with Crippen molar-refractivity contribution in [3.05, 3.63) is 35.9 Å². The molecule has 0 aliphatic heterocycles. The second-order valence-corrected chi connectivity index (χ2v) is 3.18. The van der Waals surface area contributed by atoms with Crippen LogP contribution in [0.4, 0.5) is 0 Å². The zero-order chi connectivity index (χ0) is 11.3. The lowest BCUT2D eigenvalue weighted by molar-refractivity contribution is -0.140. The van der Waals surface area contributed by atoms with Crippen molar-refractivity contribution in [2.45, 2.75) is 0 Å². The Morgan fingerprint density at radius 3 is 2.47 bits per heavy atom. The van der Waals surface area contributed by atoms with E-state index in [-0.39, 0.29) is 6.54 Å². The maximum absolute atomic E-state index is 11.6. The Morgan fingerprint density at radius 2 is 1.93 bits per heavy atom. The number of carbonyl (C=O) groups is 2. The van der Waals surface area contributed by atoms with E-state index in [9.17, 15) is 9.59 Å². The standard InChI is InChI=1S/C10H10ClNO3/c1-15-9(13)7-12(11)10(14)8-5-3-2-4-6-8/h2-6H,7H2,1H3. The van der Waals surface area contributed by atoms with Crippen LogP contribution in [0.15, 0.2) is 30.3 Å². The Hall–Kier alpha value is -1.55.